The maximum absolute atomic E-state index is 12.6. The Morgan fingerprint density at radius 1 is 0.846 bits per heavy atom. The third-order valence-electron chi connectivity index (χ3n) is 3.86. The number of sulfonamides is 1. The van der Waals surface area contributed by atoms with E-state index in [0.29, 0.717) is 17.7 Å². The zero-order chi connectivity index (χ0) is 18.4. The molecule has 3 rings (SSSR count). The average Bonchev–Trinajstić information content (AvgIpc) is 2.64. The largest absolute Gasteiger partial charge is 0.278 e. The highest BCUT2D eigenvalue weighted by Crippen LogP contribution is 2.19. The van der Waals surface area contributed by atoms with Crippen molar-refractivity contribution < 1.29 is 8.42 Å². The van der Waals surface area contributed by atoms with Crippen LogP contribution in [-0.2, 0) is 16.4 Å². The van der Waals surface area contributed by atoms with Crippen LogP contribution in [0.1, 0.15) is 16.7 Å². The summed E-state index contributed by atoms with van der Waals surface area (Å²) in [6, 6.07) is 23.9. The summed E-state index contributed by atoms with van der Waals surface area (Å²) in [6.45, 7) is 1.92. The van der Waals surface area contributed by atoms with E-state index in [2.05, 4.69) is 16.6 Å². The Hall–Kier alpha value is -3.03. The third kappa shape index (κ3) is 4.53. The summed E-state index contributed by atoms with van der Waals surface area (Å²) in [6.07, 6.45) is 0.611. The van der Waals surface area contributed by atoms with Crippen LogP contribution in [0.2, 0.25) is 0 Å². The van der Waals surface area contributed by atoms with Gasteiger partial charge in [-0.1, -0.05) is 72.0 Å². The highest BCUT2D eigenvalue weighted by atomic mass is 32.2. The molecule has 0 fully saturated rings. The molecule has 26 heavy (non-hydrogen) atoms. The lowest BCUT2D eigenvalue weighted by molar-refractivity contribution is 0.601. The van der Waals surface area contributed by atoms with Crippen LogP contribution in [0.15, 0.2) is 83.8 Å². The van der Waals surface area contributed by atoms with Crippen LogP contribution in [0.5, 0.6) is 0 Å². The number of nitrogens with one attached hydrogen (secondary N) is 1. The second-order valence-electron chi connectivity index (χ2n) is 5.93. The number of rotatable bonds is 4. The molecule has 0 saturated carbocycles. The van der Waals surface area contributed by atoms with Crippen molar-refractivity contribution in [2.24, 2.45) is 0 Å². The molecule has 130 valence electrons. The zero-order valence-corrected chi connectivity index (χ0v) is 15.3. The van der Waals surface area contributed by atoms with Gasteiger partial charge in [-0.3, -0.25) is 4.72 Å². The molecule has 3 aromatic rings. The van der Waals surface area contributed by atoms with Gasteiger partial charge < -0.3 is 0 Å². The van der Waals surface area contributed by atoms with Crippen LogP contribution in [0, 0.1) is 18.8 Å². The minimum atomic E-state index is -3.65. The van der Waals surface area contributed by atoms with Gasteiger partial charge in [-0.05, 0) is 36.8 Å². The molecule has 0 saturated heterocycles. The first-order chi connectivity index (χ1) is 12.5. The summed E-state index contributed by atoms with van der Waals surface area (Å²) in [4.78, 5) is 0.232. The summed E-state index contributed by atoms with van der Waals surface area (Å²) in [5.74, 6) is 6.17. The molecule has 0 amide bonds. The average molecular weight is 361 g/mol. The predicted octanol–water partition coefficient (Wildman–Crippen LogP) is 4.39. The molecule has 0 aliphatic carbocycles. The molecule has 0 aromatic heterocycles. The van der Waals surface area contributed by atoms with E-state index in [1.165, 1.54) is 0 Å². The van der Waals surface area contributed by atoms with Crippen LogP contribution in [0.4, 0.5) is 5.69 Å². The van der Waals surface area contributed by atoms with E-state index < -0.39 is 10.0 Å². The van der Waals surface area contributed by atoms with Gasteiger partial charge in [-0.15, -0.1) is 0 Å². The van der Waals surface area contributed by atoms with E-state index in [4.69, 9.17) is 0 Å². The molecule has 0 atom stereocenters. The molecule has 3 nitrogen and oxygen atoms in total. The Balaban J connectivity index is 1.82. The van der Waals surface area contributed by atoms with Crippen molar-refractivity contribution in [3.8, 4) is 11.8 Å². The molecular weight excluding hydrogens is 342 g/mol. The Kier molecular flexibility index (Phi) is 5.40. The van der Waals surface area contributed by atoms with E-state index >= 15 is 0 Å². The van der Waals surface area contributed by atoms with Crippen molar-refractivity contribution in [3.05, 3.63) is 95.6 Å². The molecular formula is C22H19NO2S. The first kappa shape index (κ1) is 17.8. The van der Waals surface area contributed by atoms with Gasteiger partial charge in [0.25, 0.3) is 10.0 Å². The normalized spacial score (nSPS) is 10.7. The predicted molar refractivity (Wildman–Crippen MR) is 105 cm³/mol. The van der Waals surface area contributed by atoms with Gasteiger partial charge in [0, 0.05) is 12.0 Å². The lowest BCUT2D eigenvalue weighted by Crippen LogP contribution is -2.13. The molecule has 0 aliphatic rings. The number of hydrogen-bond acceptors (Lipinski definition) is 2. The fourth-order valence-corrected chi connectivity index (χ4v) is 3.52. The minimum Gasteiger partial charge on any atom is -0.278 e. The fraction of sp³-hybridized carbons (Fsp3) is 0.0909. The smallest absolute Gasteiger partial charge is 0.261 e. The quantitative estimate of drug-likeness (QED) is 0.701. The second kappa shape index (κ2) is 7.90. The highest BCUT2D eigenvalue weighted by Gasteiger charge is 2.15. The SMILES string of the molecule is Cc1ccc(S(=O)(=O)Nc2ccccc2C#CCc2ccccc2)cc1. The van der Waals surface area contributed by atoms with E-state index in [0.717, 1.165) is 11.1 Å². The standard InChI is InChI=1S/C22H19NO2S/c1-18-14-16-21(17-15-18)26(24,25)23-22-13-6-5-11-20(22)12-7-10-19-8-3-2-4-9-19/h2-6,8-9,11,13-17,23H,10H2,1H3. The molecule has 0 heterocycles. The second-order valence-corrected chi connectivity index (χ2v) is 7.61. The maximum atomic E-state index is 12.6. The number of benzene rings is 3. The number of anilines is 1. The molecule has 4 heteroatoms. The van der Waals surface area contributed by atoms with Crippen molar-refractivity contribution in [1.29, 1.82) is 0 Å². The molecule has 1 N–H and O–H groups in total. The van der Waals surface area contributed by atoms with Crippen LogP contribution >= 0.6 is 0 Å². The summed E-state index contributed by atoms with van der Waals surface area (Å²) in [5.41, 5.74) is 3.27. The van der Waals surface area contributed by atoms with Gasteiger partial charge in [0.2, 0.25) is 0 Å². The van der Waals surface area contributed by atoms with Crippen LogP contribution in [0.25, 0.3) is 0 Å². The van der Waals surface area contributed by atoms with Crippen LogP contribution < -0.4 is 4.72 Å². The fourth-order valence-electron chi connectivity index (χ4n) is 2.44. The summed E-state index contributed by atoms with van der Waals surface area (Å²) >= 11 is 0. The third-order valence-corrected chi connectivity index (χ3v) is 5.24. The molecule has 0 radical (unpaired) electrons. The van der Waals surface area contributed by atoms with Gasteiger partial charge in [0.1, 0.15) is 0 Å². The van der Waals surface area contributed by atoms with E-state index in [9.17, 15) is 8.42 Å². The monoisotopic (exact) mass is 361 g/mol. The lowest BCUT2D eigenvalue weighted by Gasteiger charge is -2.10. The van der Waals surface area contributed by atoms with Crippen molar-refractivity contribution in [1.82, 2.24) is 0 Å². The van der Waals surface area contributed by atoms with Gasteiger partial charge in [-0.2, -0.15) is 0 Å². The van der Waals surface area contributed by atoms with Crippen molar-refractivity contribution in [3.63, 3.8) is 0 Å². The van der Waals surface area contributed by atoms with Gasteiger partial charge in [0.15, 0.2) is 0 Å². The molecule has 0 unspecified atom stereocenters. The maximum Gasteiger partial charge on any atom is 0.261 e. The zero-order valence-electron chi connectivity index (χ0n) is 14.4. The number of aryl methyl sites for hydroxylation is 1. The molecule has 0 spiro atoms. The van der Waals surface area contributed by atoms with Crippen LogP contribution in [-0.4, -0.2) is 8.42 Å². The van der Waals surface area contributed by atoms with E-state index in [1.807, 2.05) is 49.4 Å². The molecule has 0 aliphatic heterocycles. The lowest BCUT2D eigenvalue weighted by atomic mass is 10.1. The van der Waals surface area contributed by atoms with E-state index in [1.54, 1.807) is 36.4 Å². The number of para-hydroxylation sites is 1. The summed E-state index contributed by atoms with van der Waals surface area (Å²) in [7, 11) is -3.65. The van der Waals surface area contributed by atoms with E-state index in [-0.39, 0.29) is 4.90 Å². The first-order valence-corrected chi connectivity index (χ1v) is 9.74. The Morgan fingerprint density at radius 2 is 1.50 bits per heavy atom. The van der Waals surface area contributed by atoms with Crippen molar-refractivity contribution >= 4 is 15.7 Å². The molecule has 0 bridgehead atoms. The topological polar surface area (TPSA) is 46.2 Å². The van der Waals surface area contributed by atoms with Gasteiger partial charge in [0.05, 0.1) is 10.6 Å². The van der Waals surface area contributed by atoms with Crippen molar-refractivity contribution in [2.75, 3.05) is 4.72 Å². The Labute approximate surface area is 154 Å². The van der Waals surface area contributed by atoms with Crippen LogP contribution in [0.3, 0.4) is 0 Å². The first-order valence-electron chi connectivity index (χ1n) is 8.26. The minimum absolute atomic E-state index is 0.232. The highest BCUT2D eigenvalue weighted by molar-refractivity contribution is 7.92. The summed E-state index contributed by atoms with van der Waals surface area (Å²) < 4.78 is 27.8. The van der Waals surface area contributed by atoms with Gasteiger partial charge in [-0.25, -0.2) is 8.42 Å². The Bertz CT molecular complexity index is 1040. The molecule has 3 aromatic carbocycles. The number of hydrogen-bond donors (Lipinski definition) is 1. The Morgan fingerprint density at radius 3 is 2.23 bits per heavy atom. The summed E-state index contributed by atoms with van der Waals surface area (Å²) in [5, 5.41) is 0. The van der Waals surface area contributed by atoms with Gasteiger partial charge >= 0.3 is 0 Å². The van der Waals surface area contributed by atoms with Crippen molar-refractivity contribution in [2.45, 2.75) is 18.2 Å².